The highest BCUT2D eigenvalue weighted by Crippen LogP contribution is 2.35. The Labute approximate surface area is 162 Å². The summed E-state index contributed by atoms with van der Waals surface area (Å²) in [5.41, 5.74) is -0.331. The first-order valence-corrected chi connectivity index (χ1v) is 10.0. The third-order valence-electron chi connectivity index (χ3n) is 6.16. The van der Waals surface area contributed by atoms with E-state index in [1.807, 2.05) is 0 Å². The molecule has 1 aromatic rings. The summed E-state index contributed by atoms with van der Waals surface area (Å²) >= 11 is 0. The van der Waals surface area contributed by atoms with E-state index < -0.39 is 17.5 Å². The fraction of sp³-hybridized carbons (Fsp3) is 0.650. The second-order valence-electron chi connectivity index (χ2n) is 8.00. The molecule has 6 nitrogen and oxygen atoms in total. The summed E-state index contributed by atoms with van der Waals surface area (Å²) in [5.74, 6) is -2.16. The number of hydrogen-bond acceptors (Lipinski definition) is 4. The van der Waals surface area contributed by atoms with Gasteiger partial charge in [0.1, 0.15) is 5.82 Å². The topological polar surface area (TPSA) is 71.5 Å². The van der Waals surface area contributed by atoms with Crippen LogP contribution in [0.15, 0.2) is 12.3 Å². The normalized spacial score (nSPS) is 28.1. The number of rotatable bonds is 3. The zero-order chi connectivity index (χ0) is 19.7. The number of carbonyl (C=O) groups excluding carboxylic acids is 2. The van der Waals surface area contributed by atoms with Crippen LogP contribution in [0.2, 0.25) is 0 Å². The Morgan fingerprint density at radius 1 is 1.11 bits per heavy atom. The molecule has 3 aliphatic rings. The molecule has 4 rings (SSSR count). The van der Waals surface area contributed by atoms with E-state index in [1.165, 1.54) is 0 Å². The Morgan fingerprint density at radius 3 is 2.43 bits per heavy atom. The summed E-state index contributed by atoms with van der Waals surface area (Å²) in [5, 5.41) is 3.16. The van der Waals surface area contributed by atoms with Crippen molar-refractivity contribution in [2.75, 3.05) is 13.2 Å². The van der Waals surface area contributed by atoms with E-state index in [0.717, 1.165) is 38.3 Å². The first kappa shape index (κ1) is 19.2. The van der Waals surface area contributed by atoms with Gasteiger partial charge >= 0.3 is 0 Å². The van der Waals surface area contributed by atoms with Crippen LogP contribution >= 0.6 is 0 Å². The minimum absolute atomic E-state index is 0.00855. The second kappa shape index (κ2) is 8.11. The highest BCUT2D eigenvalue weighted by Gasteiger charge is 2.42. The fourth-order valence-corrected chi connectivity index (χ4v) is 4.80. The van der Waals surface area contributed by atoms with Crippen LogP contribution in [0.25, 0.3) is 0 Å². The number of piperidine rings is 2. The number of nitrogens with zero attached hydrogens (tertiary/aromatic N) is 2. The van der Waals surface area contributed by atoms with Gasteiger partial charge in [-0.05, 0) is 44.9 Å². The molecule has 4 heterocycles. The first-order chi connectivity index (χ1) is 13.5. The van der Waals surface area contributed by atoms with Gasteiger partial charge in [0.15, 0.2) is 11.5 Å². The Bertz CT molecular complexity index is 740. The molecule has 2 amide bonds. The van der Waals surface area contributed by atoms with E-state index in [0.29, 0.717) is 32.1 Å². The molecule has 2 bridgehead atoms. The van der Waals surface area contributed by atoms with Crippen LogP contribution in [-0.4, -0.2) is 53.0 Å². The van der Waals surface area contributed by atoms with Crippen molar-refractivity contribution in [1.82, 2.24) is 15.2 Å². The van der Waals surface area contributed by atoms with Gasteiger partial charge in [-0.3, -0.25) is 9.59 Å². The monoisotopic (exact) mass is 393 g/mol. The van der Waals surface area contributed by atoms with Crippen molar-refractivity contribution in [3.63, 3.8) is 0 Å². The van der Waals surface area contributed by atoms with Crippen molar-refractivity contribution in [2.45, 2.75) is 63.1 Å². The number of ether oxygens (including phenoxy) is 1. The molecule has 1 N–H and O–H groups in total. The van der Waals surface area contributed by atoms with Gasteiger partial charge in [0.25, 0.3) is 5.91 Å². The highest BCUT2D eigenvalue weighted by molar-refractivity contribution is 5.93. The average molecular weight is 393 g/mol. The predicted octanol–water partition coefficient (Wildman–Crippen LogP) is 2.43. The van der Waals surface area contributed by atoms with Crippen molar-refractivity contribution < 1.29 is 23.1 Å². The van der Waals surface area contributed by atoms with Crippen LogP contribution in [0.5, 0.6) is 0 Å². The quantitative estimate of drug-likeness (QED) is 0.856. The standard InChI is InChI=1S/C20H25F2N3O3/c21-13-8-17(22)18(23-11-13)20(27)25-15-2-1-3-16(25)10-14(9-15)24-19(26)12-4-6-28-7-5-12/h8,11-12,14-16H,1-7,9-10H2,(H,24,26)/t14?,15-,16+. The van der Waals surface area contributed by atoms with Crippen molar-refractivity contribution >= 4 is 11.8 Å². The molecule has 1 aromatic heterocycles. The van der Waals surface area contributed by atoms with Crippen molar-refractivity contribution in [3.8, 4) is 0 Å². The first-order valence-electron chi connectivity index (χ1n) is 10.0. The van der Waals surface area contributed by atoms with Gasteiger partial charge in [-0.25, -0.2) is 13.8 Å². The summed E-state index contributed by atoms with van der Waals surface area (Å²) < 4.78 is 32.5. The molecule has 3 saturated heterocycles. The van der Waals surface area contributed by atoms with Gasteiger partial charge in [0, 0.05) is 43.3 Å². The van der Waals surface area contributed by atoms with E-state index in [-0.39, 0.29) is 35.6 Å². The lowest BCUT2D eigenvalue weighted by Crippen LogP contribution is -2.59. The Balaban J connectivity index is 1.44. The van der Waals surface area contributed by atoms with Gasteiger partial charge < -0.3 is 15.0 Å². The largest absolute Gasteiger partial charge is 0.381 e. The van der Waals surface area contributed by atoms with E-state index in [4.69, 9.17) is 4.74 Å². The maximum Gasteiger partial charge on any atom is 0.276 e. The van der Waals surface area contributed by atoms with Crippen LogP contribution in [-0.2, 0) is 9.53 Å². The average Bonchev–Trinajstić information content (AvgIpc) is 2.67. The molecule has 0 aliphatic carbocycles. The van der Waals surface area contributed by atoms with Gasteiger partial charge in [0.05, 0.1) is 6.20 Å². The zero-order valence-electron chi connectivity index (χ0n) is 15.7. The van der Waals surface area contributed by atoms with Crippen molar-refractivity contribution in [2.24, 2.45) is 5.92 Å². The lowest BCUT2D eigenvalue weighted by molar-refractivity contribution is -0.129. The van der Waals surface area contributed by atoms with Crippen LogP contribution in [0, 0.1) is 17.6 Å². The lowest BCUT2D eigenvalue weighted by atomic mass is 9.81. The van der Waals surface area contributed by atoms with Crippen LogP contribution in [0.4, 0.5) is 8.78 Å². The number of pyridine rings is 1. The minimum Gasteiger partial charge on any atom is -0.381 e. The molecule has 0 radical (unpaired) electrons. The molecule has 152 valence electrons. The molecule has 3 fully saturated rings. The van der Waals surface area contributed by atoms with Crippen LogP contribution < -0.4 is 5.32 Å². The lowest BCUT2D eigenvalue weighted by Gasteiger charge is -2.49. The number of amides is 2. The number of fused-ring (bicyclic) bond motifs is 2. The molecular formula is C20H25F2N3O3. The Kier molecular flexibility index (Phi) is 5.57. The van der Waals surface area contributed by atoms with Gasteiger partial charge in [-0.2, -0.15) is 0 Å². The summed E-state index contributed by atoms with van der Waals surface area (Å²) in [6.45, 7) is 1.24. The molecule has 3 atom stereocenters. The van der Waals surface area contributed by atoms with Crippen LogP contribution in [0.1, 0.15) is 55.4 Å². The maximum absolute atomic E-state index is 14.1. The van der Waals surface area contributed by atoms with E-state index in [1.54, 1.807) is 4.90 Å². The van der Waals surface area contributed by atoms with E-state index in [9.17, 15) is 18.4 Å². The summed E-state index contributed by atoms with van der Waals surface area (Å²) in [4.78, 5) is 30.9. The maximum atomic E-state index is 14.1. The van der Waals surface area contributed by atoms with Gasteiger partial charge in [-0.1, -0.05) is 0 Å². The van der Waals surface area contributed by atoms with E-state index >= 15 is 0 Å². The molecule has 8 heteroatoms. The van der Waals surface area contributed by atoms with Gasteiger partial charge in [0.2, 0.25) is 5.91 Å². The zero-order valence-corrected chi connectivity index (χ0v) is 15.7. The summed E-state index contributed by atoms with van der Waals surface area (Å²) in [7, 11) is 0. The number of hydrogen-bond donors (Lipinski definition) is 1. The minimum atomic E-state index is -0.932. The number of aromatic nitrogens is 1. The third kappa shape index (κ3) is 3.87. The molecule has 3 aliphatic heterocycles. The Morgan fingerprint density at radius 2 is 1.79 bits per heavy atom. The molecule has 0 aromatic carbocycles. The smallest absolute Gasteiger partial charge is 0.276 e. The van der Waals surface area contributed by atoms with Crippen LogP contribution in [0.3, 0.4) is 0 Å². The summed E-state index contributed by atoms with van der Waals surface area (Å²) in [6.07, 6.45) is 6.28. The second-order valence-corrected chi connectivity index (χ2v) is 8.00. The van der Waals surface area contributed by atoms with Crippen molar-refractivity contribution in [3.05, 3.63) is 29.6 Å². The van der Waals surface area contributed by atoms with Crippen molar-refractivity contribution in [1.29, 1.82) is 0 Å². The third-order valence-corrected chi connectivity index (χ3v) is 6.16. The summed E-state index contributed by atoms with van der Waals surface area (Å²) in [6, 6.07) is 0.579. The molecule has 28 heavy (non-hydrogen) atoms. The molecular weight excluding hydrogens is 368 g/mol. The fourth-order valence-electron chi connectivity index (χ4n) is 4.80. The van der Waals surface area contributed by atoms with Gasteiger partial charge in [-0.15, -0.1) is 0 Å². The number of nitrogens with one attached hydrogen (secondary N) is 1. The number of carbonyl (C=O) groups is 2. The molecule has 1 unspecified atom stereocenters. The number of halogens is 2. The SMILES string of the molecule is O=C(NC1C[C@H]2CCC[C@@H](C1)N2C(=O)c1ncc(F)cc1F)C1CCOCC1. The Hall–Kier alpha value is -2.09. The molecule has 0 saturated carbocycles. The van der Waals surface area contributed by atoms with E-state index in [2.05, 4.69) is 10.3 Å². The predicted molar refractivity (Wildman–Crippen MR) is 96.5 cm³/mol. The highest BCUT2D eigenvalue weighted by atomic mass is 19.1. The molecule has 0 spiro atoms.